The van der Waals surface area contributed by atoms with Crippen molar-refractivity contribution < 1.29 is 9.53 Å². The number of hydrogen-bond acceptors (Lipinski definition) is 3. The number of carbonyl (C=O) groups excluding carboxylic acids is 1. The molecule has 0 unspecified atom stereocenters. The van der Waals surface area contributed by atoms with E-state index in [1.807, 2.05) is 66.3 Å². The Morgan fingerprint density at radius 2 is 1.83 bits per heavy atom. The second kappa shape index (κ2) is 8.52. The van der Waals surface area contributed by atoms with Crippen molar-refractivity contribution in [3.05, 3.63) is 83.9 Å². The van der Waals surface area contributed by atoms with Gasteiger partial charge in [0.15, 0.2) is 6.10 Å². The van der Waals surface area contributed by atoms with Crippen LogP contribution in [0.5, 0.6) is 5.75 Å². The summed E-state index contributed by atoms with van der Waals surface area (Å²) in [6.45, 7) is 8.22. The van der Waals surface area contributed by atoms with E-state index in [1.54, 1.807) is 13.1 Å². The molecule has 152 valence electrons. The van der Waals surface area contributed by atoms with Crippen molar-refractivity contribution in [3.8, 4) is 5.75 Å². The summed E-state index contributed by atoms with van der Waals surface area (Å²) >= 11 is 0. The molecule has 0 saturated heterocycles. The smallest absolute Gasteiger partial charge is 0.261 e. The summed E-state index contributed by atoms with van der Waals surface area (Å²) in [6, 6.07) is 17.4. The average Bonchev–Trinajstić information content (AvgIpc) is 3.11. The van der Waals surface area contributed by atoms with Crippen LogP contribution >= 0.6 is 0 Å². The molecule has 0 fully saturated rings. The summed E-state index contributed by atoms with van der Waals surface area (Å²) in [7, 11) is 1.92. The lowest BCUT2D eigenvalue weighted by atomic mass is 9.87. The first kappa shape index (κ1) is 20.6. The number of nitrogens with zero attached hydrogens (tertiary/aromatic N) is 2. The van der Waals surface area contributed by atoms with Crippen LogP contribution in [0.25, 0.3) is 0 Å². The van der Waals surface area contributed by atoms with E-state index in [2.05, 4.69) is 37.1 Å². The second-order valence-corrected chi connectivity index (χ2v) is 8.29. The molecule has 2 atom stereocenters. The number of aromatic nitrogens is 2. The lowest BCUT2D eigenvalue weighted by Gasteiger charge is -2.23. The normalized spacial score (nSPS) is 13.6. The summed E-state index contributed by atoms with van der Waals surface area (Å²) in [5.41, 5.74) is 2.15. The molecule has 1 heterocycles. The van der Waals surface area contributed by atoms with Gasteiger partial charge in [0.2, 0.25) is 0 Å². The molecule has 1 aromatic heterocycles. The molecule has 0 aliphatic heterocycles. The zero-order chi connectivity index (χ0) is 21.0. The van der Waals surface area contributed by atoms with E-state index in [1.165, 1.54) is 0 Å². The monoisotopic (exact) mass is 391 g/mol. The van der Waals surface area contributed by atoms with Crippen molar-refractivity contribution in [2.45, 2.75) is 45.3 Å². The van der Waals surface area contributed by atoms with Gasteiger partial charge in [-0.25, -0.2) is 4.98 Å². The van der Waals surface area contributed by atoms with E-state index in [-0.39, 0.29) is 17.4 Å². The fourth-order valence-electron chi connectivity index (χ4n) is 3.15. The Morgan fingerprint density at radius 1 is 1.10 bits per heavy atom. The van der Waals surface area contributed by atoms with Crippen LogP contribution in [0.2, 0.25) is 0 Å². The summed E-state index contributed by atoms with van der Waals surface area (Å²) in [6.07, 6.45) is 2.96. The van der Waals surface area contributed by atoms with Crippen LogP contribution in [0.3, 0.4) is 0 Å². The first-order valence-electron chi connectivity index (χ1n) is 9.85. The predicted octanol–water partition coefficient (Wildman–Crippen LogP) is 4.39. The number of ether oxygens (including phenoxy) is 1. The molecule has 3 aromatic rings. The third-order valence-electron chi connectivity index (χ3n) is 4.92. The Balaban J connectivity index is 1.77. The van der Waals surface area contributed by atoms with Gasteiger partial charge >= 0.3 is 0 Å². The highest BCUT2D eigenvalue weighted by atomic mass is 16.5. The number of aryl methyl sites for hydroxylation is 1. The van der Waals surface area contributed by atoms with Crippen molar-refractivity contribution in [3.63, 3.8) is 0 Å². The molecule has 0 saturated carbocycles. The maximum absolute atomic E-state index is 12.9. The SMILES string of the molecule is C[C@@H](Oc1cccc(C(C)(C)C)c1)C(=O)N[C@@H](c1ccccc1)c1nccn1C. The van der Waals surface area contributed by atoms with Crippen LogP contribution < -0.4 is 10.1 Å². The highest BCUT2D eigenvalue weighted by Crippen LogP contribution is 2.26. The van der Waals surface area contributed by atoms with Crippen molar-refractivity contribution in [1.82, 2.24) is 14.9 Å². The molecular formula is C24H29N3O2. The summed E-state index contributed by atoms with van der Waals surface area (Å²) in [5, 5.41) is 3.09. The van der Waals surface area contributed by atoms with Gasteiger partial charge in [0.05, 0.1) is 0 Å². The van der Waals surface area contributed by atoms with Crippen LogP contribution in [0.4, 0.5) is 0 Å². The van der Waals surface area contributed by atoms with Crippen molar-refractivity contribution in [2.24, 2.45) is 7.05 Å². The van der Waals surface area contributed by atoms with E-state index >= 15 is 0 Å². The quantitative estimate of drug-likeness (QED) is 0.678. The minimum absolute atomic E-state index is 0.0154. The van der Waals surface area contributed by atoms with E-state index in [0.29, 0.717) is 5.75 Å². The molecule has 0 radical (unpaired) electrons. The number of hydrogen-bond donors (Lipinski definition) is 1. The first-order chi connectivity index (χ1) is 13.8. The lowest BCUT2D eigenvalue weighted by molar-refractivity contribution is -0.127. The van der Waals surface area contributed by atoms with Crippen LogP contribution in [-0.4, -0.2) is 21.6 Å². The molecule has 1 amide bonds. The van der Waals surface area contributed by atoms with Gasteiger partial charge in [0.25, 0.3) is 5.91 Å². The number of amides is 1. The highest BCUT2D eigenvalue weighted by molar-refractivity contribution is 5.81. The third kappa shape index (κ3) is 5.05. The van der Waals surface area contributed by atoms with Crippen LogP contribution in [0.15, 0.2) is 67.0 Å². The van der Waals surface area contributed by atoms with E-state index < -0.39 is 6.10 Å². The van der Waals surface area contributed by atoms with Gasteiger partial charge in [-0.15, -0.1) is 0 Å². The predicted molar refractivity (Wildman–Crippen MR) is 115 cm³/mol. The standard InChI is InChI=1S/C24H29N3O2/c1-17(29-20-13-9-12-19(16-20)24(2,3)4)23(28)26-21(18-10-7-6-8-11-18)22-25-14-15-27(22)5/h6-17,21H,1-5H3,(H,26,28)/t17-,21+/m1/s1. The van der Waals surface area contributed by atoms with Gasteiger partial charge in [0, 0.05) is 19.4 Å². The Morgan fingerprint density at radius 3 is 2.45 bits per heavy atom. The maximum atomic E-state index is 12.9. The summed E-state index contributed by atoms with van der Waals surface area (Å²) in [5.74, 6) is 1.27. The molecule has 0 aliphatic rings. The highest BCUT2D eigenvalue weighted by Gasteiger charge is 2.24. The number of rotatable bonds is 6. The minimum atomic E-state index is -0.642. The number of imidazole rings is 1. The van der Waals surface area contributed by atoms with Crippen LogP contribution in [0, 0.1) is 0 Å². The van der Waals surface area contributed by atoms with Crippen molar-refractivity contribution in [1.29, 1.82) is 0 Å². The number of carbonyl (C=O) groups is 1. The Hall–Kier alpha value is -3.08. The van der Waals surface area contributed by atoms with Gasteiger partial charge in [-0.3, -0.25) is 4.79 Å². The van der Waals surface area contributed by atoms with Gasteiger partial charge in [-0.05, 0) is 35.6 Å². The topological polar surface area (TPSA) is 56.1 Å². The molecule has 0 bridgehead atoms. The molecule has 0 spiro atoms. The largest absolute Gasteiger partial charge is 0.481 e. The van der Waals surface area contributed by atoms with Gasteiger partial charge in [-0.1, -0.05) is 63.2 Å². The second-order valence-electron chi connectivity index (χ2n) is 8.29. The molecular weight excluding hydrogens is 362 g/mol. The van der Waals surface area contributed by atoms with Gasteiger partial charge < -0.3 is 14.6 Å². The molecule has 2 aromatic carbocycles. The lowest BCUT2D eigenvalue weighted by Crippen LogP contribution is -2.39. The molecule has 1 N–H and O–H groups in total. The minimum Gasteiger partial charge on any atom is -0.481 e. The van der Waals surface area contributed by atoms with Gasteiger partial charge in [0.1, 0.15) is 17.6 Å². The fraction of sp³-hybridized carbons (Fsp3) is 0.333. The Bertz CT molecular complexity index is 958. The Labute approximate surface area is 172 Å². The molecule has 5 heteroatoms. The molecule has 29 heavy (non-hydrogen) atoms. The maximum Gasteiger partial charge on any atom is 0.261 e. The van der Waals surface area contributed by atoms with Gasteiger partial charge in [-0.2, -0.15) is 0 Å². The van der Waals surface area contributed by atoms with Crippen molar-refractivity contribution >= 4 is 5.91 Å². The van der Waals surface area contributed by atoms with Crippen LogP contribution in [-0.2, 0) is 17.3 Å². The average molecular weight is 392 g/mol. The van der Waals surface area contributed by atoms with E-state index in [4.69, 9.17) is 4.74 Å². The summed E-state index contributed by atoms with van der Waals surface area (Å²) < 4.78 is 7.87. The zero-order valence-electron chi connectivity index (χ0n) is 17.7. The summed E-state index contributed by atoms with van der Waals surface area (Å²) in [4.78, 5) is 17.4. The van der Waals surface area contributed by atoms with E-state index in [9.17, 15) is 4.79 Å². The fourth-order valence-corrected chi connectivity index (χ4v) is 3.15. The number of nitrogens with one attached hydrogen (secondary N) is 1. The molecule has 3 rings (SSSR count). The number of benzene rings is 2. The first-order valence-corrected chi connectivity index (χ1v) is 9.85. The van der Waals surface area contributed by atoms with Crippen LogP contribution in [0.1, 0.15) is 50.7 Å². The van der Waals surface area contributed by atoms with E-state index in [0.717, 1.165) is 17.0 Å². The molecule has 5 nitrogen and oxygen atoms in total. The Kier molecular flexibility index (Phi) is 6.06. The third-order valence-corrected chi connectivity index (χ3v) is 4.92. The zero-order valence-corrected chi connectivity index (χ0v) is 17.7. The van der Waals surface area contributed by atoms with Crippen molar-refractivity contribution in [2.75, 3.05) is 0 Å². The molecule has 0 aliphatic carbocycles.